The van der Waals surface area contributed by atoms with Crippen molar-refractivity contribution >= 4 is 0 Å². The highest BCUT2D eigenvalue weighted by Crippen LogP contribution is 2.32. The molecule has 2 aromatic rings. The topological polar surface area (TPSA) is 84.2 Å². The molecule has 7 heteroatoms. The standard InChI is InChI=1S/C18H24N4O3/c23-17-15(10-13(11-19-17)12-22-6-8-24-9-7-22)16-20-18(25-21-16)14-4-2-1-3-5-14/h10-11,14H,1-9,12H2,(H,19,23). The summed E-state index contributed by atoms with van der Waals surface area (Å²) in [5.74, 6) is 1.41. The van der Waals surface area contributed by atoms with Gasteiger partial charge in [0, 0.05) is 31.7 Å². The van der Waals surface area contributed by atoms with Crippen LogP contribution in [-0.4, -0.2) is 46.3 Å². The third kappa shape index (κ3) is 3.82. The zero-order chi connectivity index (χ0) is 17.1. The summed E-state index contributed by atoms with van der Waals surface area (Å²) in [5, 5.41) is 4.07. The largest absolute Gasteiger partial charge is 0.379 e. The minimum Gasteiger partial charge on any atom is -0.379 e. The monoisotopic (exact) mass is 344 g/mol. The van der Waals surface area contributed by atoms with Gasteiger partial charge >= 0.3 is 0 Å². The number of pyridine rings is 1. The Balaban J connectivity index is 1.54. The minimum atomic E-state index is -0.179. The zero-order valence-electron chi connectivity index (χ0n) is 14.4. The van der Waals surface area contributed by atoms with Crippen LogP contribution in [0.25, 0.3) is 11.4 Å². The van der Waals surface area contributed by atoms with Crippen molar-refractivity contribution in [1.82, 2.24) is 20.0 Å². The van der Waals surface area contributed by atoms with Crippen LogP contribution < -0.4 is 5.56 Å². The van der Waals surface area contributed by atoms with E-state index in [0.29, 0.717) is 23.2 Å². The number of hydrogen-bond donors (Lipinski definition) is 1. The second-order valence-corrected chi connectivity index (χ2v) is 6.93. The Hall–Kier alpha value is -1.99. The van der Waals surface area contributed by atoms with Crippen molar-refractivity contribution in [3.05, 3.63) is 34.1 Å². The Labute approximate surface area is 146 Å². The van der Waals surface area contributed by atoms with Gasteiger partial charge in [0.05, 0.1) is 18.8 Å². The highest BCUT2D eigenvalue weighted by Gasteiger charge is 2.23. The van der Waals surface area contributed by atoms with Crippen LogP contribution in [0.2, 0.25) is 0 Å². The summed E-state index contributed by atoms with van der Waals surface area (Å²) in [4.78, 5) is 21.9. The van der Waals surface area contributed by atoms with Gasteiger partial charge in [0.25, 0.3) is 5.56 Å². The molecule has 0 unspecified atom stereocenters. The fourth-order valence-corrected chi connectivity index (χ4v) is 3.66. The Morgan fingerprint density at radius 1 is 1.20 bits per heavy atom. The van der Waals surface area contributed by atoms with Gasteiger partial charge in [-0.05, 0) is 24.5 Å². The predicted molar refractivity (Wildman–Crippen MR) is 92.3 cm³/mol. The molecule has 2 aliphatic rings. The van der Waals surface area contributed by atoms with Crippen LogP contribution in [0, 0.1) is 0 Å². The molecular formula is C18H24N4O3. The van der Waals surface area contributed by atoms with E-state index in [2.05, 4.69) is 20.0 Å². The highest BCUT2D eigenvalue weighted by atomic mass is 16.5. The molecule has 7 nitrogen and oxygen atoms in total. The number of H-pyrrole nitrogens is 1. The molecule has 4 rings (SSSR count). The second-order valence-electron chi connectivity index (χ2n) is 6.93. The third-order valence-electron chi connectivity index (χ3n) is 5.11. The highest BCUT2D eigenvalue weighted by molar-refractivity contribution is 5.53. The number of ether oxygens (including phenoxy) is 1. The molecule has 0 amide bonds. The van der Waals surface area contributed by atoms with Gasteiger partial charge in [0.2, 0.25) is 11.7 Å². The maximum absolute atomic E-state index is 12.2. The first-order chi connectivity index (χ1) is 12.3. The summed E-state index contributed by atoms with van der Waals surface area (Å²) in [6.07, 6.45) is 7.64. The van der Waals surface area contributed by atoms with E-state index in [1.807, 2.05) is 6.07 Å². The summed E-state index contributed by atoms with van der Waals surface area (Å²) in [6, 6.07) is 1.88. The lowest BCUT2D eigenvalue weighted by Gasteiger charge is -2.26. The molecule has 0 atom stereocenters. The first kappa shape index (κ1) is 16.5. The first-order valence-electron chi connectivity index (χ1n) is 9.15. The van der Waals surface area contributed by atoms with E-state index in [-0.39, 0.29) is 5.56 Å². The molecule has 0 spiro atoms. The van der Waals surface area contributed by atoms with Crippen molar-refractivity contribution in [2.75, 3.05) is 26.3 Å². The van der Waals surface area contributed by atoms with E-state index in [9.17, 15) is 4.79 Å². The van der Waals surface area contributed by atoms with E-state index >= 15 is 0 Å². The fraction of sp³-hybridized carbons (Fsp3) is 0.611. The molecule has 25 heavy (non-hydrogen) atoms. The molecular weight excluding hydrogens is 320 g/mol. The first-order valence-corrected chi connectivity index (χ1v) is 9.15. The predicted octanol–water partition coefficient (Wildman–Crippen LogP) is 2.30. The molecule has 1 saturated heterocycles. The summed E-state index contributed by atoms with van der Waals surface area (Å²) < 4.78 is 10.8. The molecule has 1 N–H and O–H groups in total. The zero-order valence-corrected chi connectivity index (χ0v) is 14.4. The van der Waals surface area contributed by atoms with Crippen molar-refractivity contribution in [2.24, 2.45) is 0 Å². The van der Waals surface area contributed by atoms with Gasteiger partial charge in [-0.1, -0.05) is 24.4 Å². The van der Waals surface area contributed by atoms with Crippen LogP contribution in [0.3, 0.4) is 0 Å². The smallest absolute Gasteiger partial charge is 0.259 e. The van der Waals surface area contributed by atoms with Crippen LogP contribution >= 0.6 is 0 Å². The van der Waals surface area contributed by atoms with Crippen molar-refractivity contribution in [3.63, 3.8) is 0 Å². The number of rotatable bonds is 4. The van der Waals surface area contributed by atoms with Crippen LogP contribution in [-0.2, 0) is 11.3 Å². The Kier molecular flexibility index (Phi) is 4.94. The van der Waals surface area contributed by atoms with E-state index in [1.165, 1.54) is 19.3 Å². The molecule has 3 heterocycles. The van der Waals surface area contributed by atoms with Crippen LogP contribution in [0.1, 0.15) is 49.5 Å². The van der Waals surface area contributed by atoms with Gasteiger partial charge in [-0.25, -0.2) is 0 Å². The molecule has 0 radical (unpaired) electrons. The second kappa shape index (κ2) is 7.49. The lowest BCUT2D eigenvalue weighted by molar-refractivity contribution is 0.0341. The molecule has 134 valence electrons. The average Bonchev–Trinajstić information content (AvgIpc) is 3.15. The summed E-state index contributed by atoms with van der Waals surface area (Å²) >= 11 is 0. The molecule has 1 saturated carbocycles. The van der Waals surface area contributed by atoms with E-state index in [4.69, 9.17) is 9.26 Å². The number of aromatic nitrogens is 3. The lowest BCUT2D eigenvalue weighted by Crippen LogP contribution is -2.35. The SMILES string of the molecule is O=c1[nH]cc(CN2CCOCC2)cc1-c1noc(C2CCCCC2)n1. The van der Waals surface area contributed by atoms with E-state index in [1.54, 1.807) is 6.20 Å². The van der Waals surface area contributed by atoms with Gasteiger partial charge < -0.3 is 14.2 Å². The average molecular weight is 344 g/mol. The molecule has 1 aliphatic carbocycles. The number of nitrogens with zero attached hydrogens (tertiary/aromatic N) is 3. The number of aromatic amines is 1. The van der Waals surface area contributed by atoms with Crippen molar-refractivity contribution in [2.45, 2.75) is 44.6 Å². The molecule has 2 aromatic heterocycles. The fourth-order valence-electron chi connectivity index (χ4n) is 3.66. The van der Waals surface area contributed by atoms with Crippen molar-refractivity contribution < 1.29 is 9.26 Å². The third-order valence-corrected chi connectivity index (χ3v) is 5.11. The maximum atomic E-state index is 12.2. The Morgan fingerprint density at radius 3 is 2.80 bits per heavy atom. The maximum Gasteiger partial charge on any atom is 0.259 e. The van der Waals surface area contributed by atoms with E-state index < -0.39 is 0 Å². The number of hydrogen-bond acceptors (Lipinski definition) is 6. The Bertz CT molecular complexity index is 758. The van der Waals surface area contributed by atoms with Crippen LogP contribution in [0.15, 0.2) is 21.6 Å². The van der Waals surface area contributed by atoms with Gasteiger partial charge in [-0.2, -0.15) is 4.98 Å². The molecule has 1 aliphatic heterocycles. The molecule has 2 fully saturated rings. The van der Waals surface area contributed by atoms with Crippen LogP contribution in [0.5, 0.6) is 0 Å². The van der Waals surface area contributed by atoms with Gasteiger partial charge in [-0.3, -0.25) is 9.69 Å². The summed E-state index contributed by atoms with van der Waals surface area (Å²) in [7, 11) is 0. The van der Waals surface area contributed by atoms with Gasteiger partial charge in [0.15, 0.2) is 0 Å². The van der Waals surface area contributed by atoms with Crippen molar-refractivity contribution in [1.29, 1.82) is 0 Å². The van der Waals surface area contributed by atoms with Crippen molar-refractivity contribution in [3.8, 4) is 11.4 Å². The molecule has 0 aromatic carbocycles. The Morgan fingerprint density at radius 2 is 2.00 bits per heavy atom. The summed E-state index contributed by atoms with van der Waals surface area (Å²) in [6.45, 7) is 4.10. The van der Waals surface area contributed by atoms with Crippen LogP contribution in [0.4, 0.5) is 0 Å². The minimum absolute atomic E-state index is 0.179. The van der Waals surface area contributed by atoms with Gasteiger partial charge in [0.1, 0.15) is 0 Å². The number of nitrogens with one attached hydrogen (secondary N) is 1. The summed E-state index contributed by atoms with van der Waals surface area (Å²) in [5.41, 5.74) is 1.35. The van der Waals surface area contributed by atoms with Gasteiger partial charge in [-0.15, -0.1) is 0 Å². The lowest BCUT2D eigenvalue weighted by atomic mass is 9.89. The number of morpholine rings is 1. The van der Waals surface area contributed by atoms with E-state index in [0.717, 1.165) is 51.3 Å². The normalized spacial score (nSPS) is 20.0. The molecule has 0 bridgehead atoms. The quantitative estimate of drug-likeness (QED) is 0.916.